The monoisotopic (exact) mass is 279 g/mol. The second kappa shape index (κ2) is 6.61. The molecule has 0 bridgehead atoms. The van der Waals surface area contributed by atoms with Crippen molar-refractivity contribution in [1.82, 2.24) is 4.98 Å². The number of nitrogen functional groups attached to an aromatic ring is 1. The van der Waals surface area contributed by atoms with Crippen LogP contribution < -0.4 is 15.8 Å². The fourth-order valence-electron chi connectivity index (χ4n) is 1.48. The molecule has 0 aliphatic heterocycles. The van der Waals surface area contributed by atoms with E-state index in [1.165, 1.54) is 0 Å². The lowest BCUT2D eigenvalue weighted by Crippen LogP contribution is -2.14. The van der Waals surface area contributed by atoms with Gasteiger partial charge in [0.25, 0.3) is 5.91 Å². The van der Waals surface area contributed by atoms with Crippen LogP contribution in [0.1, 0.15) is 10.4 Å². The molecular weight excluding hydrogens is 266 g/mol. The summed E-state index contributed by atoms with van der Waals surface area (Å²) < 4.78 is 5.04. The number of pyridine rings is 1. The van der Waals surface area contributed by atoms with E-state index >= 15 is 0 Å². The molecule has 1 amide bonds. The number of carbonyl (C=O) groups excluding carboxylic acids is 1. The van der Waals surface area contributed by atoms with E-state index in [2.05, 4.69) is 10.3 Å². The van der Waals surface area contributed by atoms with E-state index in [4.69, 9.17) is 10.5 Å². The van der Waals surface area contributed by atoms with Crippen molar-refractivity contribution in [3.63, 3.8) is 0 Å². The van der Waals surface area contributed by atoms with Gasteiger partial charge in [-0.05, 0) is 36.4 Å². The van der Waals surface area contributed by atoms with Gasteiger partial charge in [-0.3, -0.25) is 4.79 Å². The average molecular weight is 280 g/mol. The van der Waals surface area contributed by atoms with Gasteiger partial charge in [0.1, 0.15) is 11.6 Å². The number of rotatable bonds is 3. The minimum atomic E-state index is -0.286. The lowest BCUT2D eigenvalue weighted by molar-refractivity contribution is 0.102. The van der Waals surface area contributed by atoms with Gasteiger partial charge in [0.2, 0.25) is 0 Å². The fraction of sp³-hybridized carbons (Fsp3) is 0.0769. The number of anilines is 2. The minimum absolute atomic E-state index is 0. The Labute approximate surface area is 117 Å². The Morgan fingerprint density at radius 1 is 1.26 bits per heavy atom. The van der Waals surface area contributed by atoms with Crippen LogP contribution in [0.5, 0.6) is 5.75 Å². The van der Waals surface area contributed by atoms with Crippen LogP contribution in [0.2, 0.25) is 0 Å². The van der Waals surface area contributed by atoms with Gasteiger partial charge in [0, 0.05) is 11.9 Å². The summed E-state index contributed by atoms with van der Waals surface area (Å²) in [5.41, 5.74) is 6.65. The van der Waals surface area contributed by atoms with Crippen LogP contribution in [0.4, 0.5) is 11.5 Å². The maximum atomic E-state index is 11.9. The van der Waals surface area contributed by atoms with Gasteiger partial charge in [-0.1, -0.05) is 0 Å². The summed E-state index contributed by atoms with van der Waals surface area (Å²) in [6, 6.07) is 10.3. The molecule has 0 atom stereocenters. The largest absolute Gasteiger partial charge is 0.497 e. The minimum Gasteiger partial charge on any atom is -0.497 e. The predicted octanol–water partition coefficient (Wildman–Crippen LogP) is 2.35. The molecule has 0 aliphatic rings. The quantitative estimate of drug-likeness (QED) is 0.904. The second-order valence-corrected chi connectivity index (χ2v) is 3.62. The van der Waals surface area contributed by atoms with E-state index in [1.807, 2.05) is 0 Å². The molecule has 0 fully saturated rings. The van der Waals surface area contributed by atoms with E-state index in [1.54, 1.807) is 49.7 Å². The number of carbonyl (C=O) groups is 1. The molecule has 0 saturated carbocycles. The van der Waals surface area contributed by atoms with Crippen molar-refractivity contribution in [2.24, 2.45) is 0 Å². The Bertz CT molecular complexity index is 558. The number of aromatic nitrogens is 1. The number of benzene rings is 1. The van der Waals surface area contributed by atoms with Crippen molar-refractivity contribution < 1.29 is 9.53 Å². The maximum Gasteiger partial charge on any atom is 0.259 e. The zero-order chi connectivity index (χ0) is 13.0. The lowest BCUT2D eigenvalue weighted by Gasteiger charge is -2.07. The molecular formula is C13H14ClN3O2. The highest BCUT2D eigenvalue weighted by atomic mass is 35.5. The number of amides is 1. The van der Waals surface area contributed by atoms with E-state index in [-0.39, 0.29) is 24.1 Å². The summed E-state index contributed by atoms with van der Waals surface area (Å²) in [5.74, 6) is 0.656. The van der Waals surface area contributed by atoms with Gasteiger partial charge in [-0.2, -0.15) is 0 Å². The van der Waals surface area contributed by atoms with E-state index in [9.17, 15) is 4.79 Å². The highest BCUT2D eigenvalue weighted by Gasteiger charge is 2.09. The highest BCUT2D eigenvalue weighted by Crippen LogP contribution is 2.16. The van der Waals surface area contributed by atoms with Crippen LogP contribution in [0, 0.1) is 0 Å². The first kappa shape index (κ1) is 14.8. The Kier molecular flexibility index (Phi) is 5.14. The molecule has 1 heterocycles. The van der Waals surface area contributed by atoms with Crippen molar-refractivity contribution in [3.8, 4) is 5.75 Å². The van der Waals surface area contributed by atoms with E-state index in [0.29, 0.717) is 11.3 Å². The van der Waals surface area contributed by atoms with Crippen LogP contribution in [0.25, 0.3) is 0 Å². The van der Waals surface area contributed by atoms with Gasteiger partial charge < -0.3 is 15.8 Å². The highest BCUT2D eigenvalue weighted by molar-refractivity contribution is 6.07. The number of nitrogens with one attached hydrogen (secondary N) is 1. The smallest absolute Gasteiger partial charge is 0.259 e. The van der Waals surface area contributed by atoms with Crippen LogP contribution in [-0.2, 0) is 0 Å². The first-order chi connectivity index (χ1) is 8.70. The standard InChI is InChI=1S/C13H13N3O2.ClH/c1-18-10-6-4-9(5-7-10)16-13(17)11-3-2-8-15-12(11)14;/h2-8H,1H3,(H2,14,15)(H,16,17);1H. The molecule has 2 aromatic rings. The summed E-state index contributed by atoms with van der Waals surface area (Å²) in [6.07, 6.45) is 1.54. The molecule has 2 rings (SSSR count). The molecule has 100 valence electrons. The predicted molar refractivity (Wildman–Crippen MR) is 76.8 cm³/mol. The summed E-state index contributed by atoms with van der Waals surface area (Å²) >= 11 is 0. The molecule has 5 nitrogen and oxygen atoms in total. The first-order valence-corrected chi connectivity index (χ1v) is 5.36. The average Bonchev–Trinajstić information content (AvgIpc) is 2.40. The molecule has 0 spiro atoms. The summed E-state index contributed by atoms with van der Waals surface area (Å²) in [6.45, 7) is 0. The zero-order valence-electron chi connectivity index (χ0n) is 10.3. The Morgan fingerprint density at radius 3 is 2.53 bits per heavy atom. The van der Waals surface area contributed by atoms with Gasteiger partial charge in [-0.15, -0.1) is 12.4 Å². The molecule has 6 heteroatoms. The van der Waals surface area contributed by atoms with Crippen molar-refractivity contribution >= 4 is 29.8 Å². The first-order valence-electron chi connectivity index (χ1n) is 5.36. The molecule has 0 aliphatic carbocycles. The fourth-order valence-corrected chi connectivity index (χ4v) is 1.48. The summed E-state index contributed by atoms with van der Waals surface area (Å²) in [4.78, 5) is 15.8. The zero-order valence-corrected chi connectivity index (χ0v) is 11.1. The summed E-state index contributed by atoms with van der Waals surface area (Å²) in [7, 11) is 1.59. The van der Waals surface area contributed by atoms with Gasteiger partial charge in [0.05, 0.1) is 12.7 Å². The number of halogens is 1. The Balaban J connectivity index is 0.00000180. The van der Waals surface area contributed by atoms with E-state index < -0.39 is 0 Å². The number of ether oxygens (including phenoxy) is 1. The van der Waals surface area contributed by atoms with Crippen LogP contribution in [0.3, 0.4) is 0 Å². The third-order valence-electron chi connectivity index (χ3n) is 2.43. The normalized spacial score (nSPS) is 9.32. The second-order valence-electron chi connectivity index (χ2n) is 3.62. The topological polar surface area (TPSA) is 77.2 Å². The Morgan fingerprint density at radius 2 is 1.95 bits per heavy atom. The van der Waals surface area contributed by atoms with Crippen molar-refractivity contribution in [2.75, 3.05) is 18.2 Å². The number of nitrogens with two attached hydrogens (primary N) is 1. The SMILES string of the molecule is COc1ccc(NC(=O)c2cccnc2N)cc1.Cl. The third kappa shape index (κ3) is 3.59. The number of hydrogen-bond acceptors (Lipinski definition) is 4. The lowest BCUT2D eigenvalue weighted by atomic mass is 10.2. The van der Waals surface area contributed by atoms with Crippen molar-refractivity contribution in [1.29, 1.82) is 0 Å². The molecule has 1 aromatic carbocycles. The van der Waals surface area contributed by atoms with Crippen LogP contribution in [-0.4, -0.2) is 18.0 Å². The van der Waals surface area contributed by atoms with Gasteiger partial charge in [0.15, 0.2) is 0 Å². The molecule has 0 unspecified atom stereocenters. The molecule has 0 saturated heterocycles. The van der Waals surface area contributed by atoms with Crippen LogP contribution >= 0.6 is 12.4 Å². The van der Waals surface area contributed by atoms with Gasteiger partial charge >= 0.3 is 0 Å². The van der Waals surface area contributed by atoms with Gasteiger partial charge in [-0.25, -0.2) is 4.98 Å². The third-order valence-corrected chi connectivity index (χ3v) is 2.43. The number of methoxy groups -OCH3 is 1. The van der Waals surface area contributed by atoms with Crippen molar-refractivity contribution in [3.05, 3.63) is 48.2 Å². The summed E-state index contributed by atoms with van der Waals surface area (Å²) in [5, 5.41) is 2.74. The molecule has 3 N–H and O–H groups in total. The van der Waals surface area contributed by atoms with Crippen molar-refractivity contribution in [2.45, 2.75) is 0 Å². The Hall–Kier alpha value is -2.27. The molecule has 0 radical (unpaired) electrons. The van der Waals surface area contributed by atoms with Crippen LogP contribution in [0.15, 0.2) is 42.6 Å². The van der Waals surface area contributed by atoms with E-state index in [0.717, 1.165) is 5.75 Å². The number of nitrogens with zero attached hydrogens (tertiary/aromatic N) is 1. The number of hydrogen-bond donors (Lipinski definition) is 2. The molecule has 19 heavy (non-hydrogen) atoms. The maximum absolute atomic E-state index is 11.9. The molecule has 1 aromatic heterocycles.